The Hall–Kier alpha value is -1.95. The van der Waals surface area contributed by atoms with Crippen LogP contribution in [0.2, 0.25) is 0 Å². The van der Waals surface area contributed by atoms with Gasteiger partial charge >= 0.3 is 0 Å². The van der Waals surface area contributed by atoms with Gasteiger partial charge in [-0.15, -0.1) is 0 Å². The lowest BCUT2D eigenvalue weighted by Crippen LogP contribution is -2.47. The van der Waals surface area contributed by atoms with Gasteiger partial charge in [-0.3, -0.25) is 4.99 Å². The fourth-order valence-corrected chi connectivity index (χ4v) is 4.64. The van der Waals surface area contributed by atoms with E-state index in [1.54, 1.807) is 0 Å². The number of hydrogen-bond acceptors (Lipinski definition) is 3. The van der Waals surface area contributed by atoms with Crippen molar-refractivity contribution in [1.82, 2.24) is 19.8 Å². The number of guanidine groups is 1. The number of nitrogens with zero attached hydrogens (tertiary/aromatic N) is 4. The third-order valence-electron chi connectivity index (χ3n) is 5.02. The number of imidazole rings is 1. The van der Waals surface area contributed by atoms with E-state index in [9.17, 15) is 0 Å². The number of hydrogen-bond donors (Lipinski definition) is 1. The van der Waals surface area contributed by atoms with Crippen molar-refractivity contribution in [3.8, 4) is 0 Å². The topological polar surface area (TPSA) is 45.4 Å². The first-order chi connectivity index (χ1) is 13.3. The molecule has 1 aliphatic rings. The van der Waals surface area contributed by atoms with Gasteiger partial charge in [0.25, 0.3) is 0 Å². The molecule has 0 saturated carbocycles. The van der Waals surface area contributed by atoms with E-state index in [4.69, 9.17) is 0 Å². The first kappa shape index (κ1) is 19.8. The number of aliphatic imine (C=N–C) groups is 1. The van der Waals surface area contributed by atoms with Crippen molar-refractivity contribution >= 4 is 17.7 Å². The van der Waals surface area contributed by atoms with Crippen LogP contribution in [0.15, 0.2) is 47.7 Å². The molecule has 3 rings (SSSR count). The van der Waals surface area contributed by atoms with Crippen molar-refractivity contribution in [1.29, 1.82) is 0 Å². The lowest BCUT2D eigenvalue weighted by atomic mass is 10.1. The Morgan fingerprint density at radius 1 is 1.33 bits per heavy atom. The summed E-state index contributed by atoms with van der Waals surface area (Å²) in [4.78, 5) is 11.4. The van der Waals surface area contributed by atoms with Crippen LogP contribution < -0.4 is 5.32 Å². The number of rotatable bonds is 7. The lowest BCUT2D eigenvalue weighted by molar-refractivity contribution is 0.406. The van der Waals surface area contributed by atoms with Crippen LogP contribution in [0.1, 0.15) is 31.2 Å². The van der Waals surface area contributed by atoms with Gasteiger partial charge in [-0.25, -0.2) is 4.98 Å². The van der Waals surface area contributed by atoms with Crippen LogP contribution in [0.5, 0.6) is 0 Å². The fraction of sp³-hybridized carbons (Fsp3) is 0.524. The van der Waals surface area contributed by atoms with E-state index in [0.29, 0.717) is 11.8 Å². The molecule has 1 saturated heterocycles. The summed E-state index contributed by atoms with van der Waals surface area (Å²) >= 11 is 2.08. The number of aromatic nitrogens is 2. The summed E-state index contributed by atoms with van der Waals surface area (Å²) < 4.78 is 2.25. The summed E-state index contributed by atoms with van der Waals surface area (Å²) in [6, 6.07) is 10.7. The summed E-state index contributed by atoms with van der Waals surface area (Å²) in [6.07, 6.45) is 7.40. The van der Waals surface area contributed by atoms with Crippen LogP contribution >= 0.6 is 11.8 Å². The predicted molar refractivity (Wildman–Crippen MR) is 115 cm³/mol. The smallest absolute Gasteiger partial charge is 0.194 e. The first-order valence-corrected chi connectivity index (χ1v) is 11.0. The largest absolute Gasteiger partial charge is 0.349 e. The van der Waals surface area contributed by atoms with E-state index in [1.165, 1.54) is 17.7 Å². The predicted octanol–water partition coefficient (Wildman–Crippen LogP) is 3.42. The quantitative estimate of drug-likeness (QED) is 0.586. The first-order valence-electron chi connectivity index (χ1n) is 9.91. The zero-order chi connectivity index (χ0) is 18.9. The molecule has 0 bridgehead atoms. The third-order valence-corrected chi connectivity index (χ3v) is 6.39. The number of aryl methyl sites for hydroxylation is 2. The molecule has 1 N–H and O–H groups in total. The summed E-state index contributed by atoms with van der Waals surface area (Å²) in [7, 11) is 1.87. The van der Waals surface area contributed by atoms with Gasteiger partial charge in [-0.05, 0) is 24.8 Å². The van der Waals surface area contributed by atoms with Crippen LogP contribution in [0.4, 0.5) is 0 Å². The van der Waals surface area contributed by atoms with Gasteiger partial charge in [0, 0.05) is 50.1 Å². The van der Waals surface area contributed by atoms with E-state index < -0.39 is 0 Å². The Morgan fingerprint density at radius 2 is 2.19 bits per heavy atom. The zero-order valence-electron chi connectivity index (χ0n) is 16.5. The second-order valence-electron chi connectivity index (χ2n) is 6.87. The molecule has 0 spiro atoms. The highest BCUT2D eigenvalue weighted by Gasteiger charge is 2.21. The van der Waals surface area contributed by atoms with Crippen LogP contribution in [-0.4, -0.2) is 51.6 Å². The SMILES string of the molecule is CCC1CN(C(=NC)NCc2nccn2CCCc2ccccc2)CCS1. The average Bonchev–Trinajstić information content (AvgIpc) is 3.17. The molecule has 1 aromatic heterocycles. The van der Waals surface area contributed by atoms with Crippen molar-refractivity contribution in [2.75, 3.05) is 25.9 Å². The van der Waals surface area contributed by atoms with Gasteiger partial charge < -0.3 is 14.8 Å². The maximum absolute atomic E-state index is 4.55. The Morgan fingerprint density at radius 3 is 2.96 bits per heavy atom. The van der Waals surface area contributed by atoms with Gasteiger partial charge in [0.2, 0.25) is 0 Å². The van der Waals surface area contributed by atoms with Gasteiger partial charge in [0.05, 0.1) is 6.54 Å². The summed E-state index contributed by atoms with van der Waals surface area (Å²) in [6.45, 7) is 6.11. The minimum absolute atomic E-state index is 0.706. The molecule has 1 unspecified atom stereocenters. The van der Waals surface area contributed by atoms with Gasteiger partial charge in [0.15, 0.2) is 5.96 Å². The molecule has 1 aromatic carbocycles. The molecule has 2 aromatic rings. The van der Waals surface area contributed by atoms with Crippen molar-refractivity contribution in [3.63, 3.8) is 0 Å². The average molecular weight is 386 g/mol. The van der Waals surface area contributed by atoms with E-state index in [2.05, 4.69) is 80.0 Å². The van der Waals surface area contributed by atoms with Gasteiger partial charge in [-0.2, -0.15) is 11.8 Å². The molecule has 1 atom stereocenters. The molecule has 1 fully saturated rings. The Kier molecular flexibility index (Phi) is 7.63. The highest BCUT2D eigenvalue weighted by molar-refractivity contribution is 8.00. The lowest BCUT2D eigenvalue weighted by Gasteiger charge is -2.34. The van der Waals surface area contributed by atoms with Crippen molar-refractivity contribution in [2.24, 2.45) is 4.99 Å². The van der Waals surface area contributed by atoms with Gasteiger partial charge in [0.1, 0.15) is 5.82 Å². The highest BCUT2D eigenvalue weighted by Crippen LogP contribution is 2.21. The maximum Gasteiger partial charge on any atom is 0.194 e. The normalized spacial score (nSPS) is 17.9. The van der Waals surface area contributed by atoms with E-state index in [0.717, 1.165) is 44.3 Å². The summed E-state index contributed by atoms with van der Waals surface area (Å²) in [5.41, 5.74) is 1.39. The van der Waals surface area contributed by atoms with E-state index in [-0.39, 0.29) is 0 Å². The standard InChI is InChI=1S/C21H31N5S/c1-3-19-17-26(14-15-27-19)21(22-2)24-16-20-23-11-13-25(20)12-7-10-18-8-5-4-6-9-18/h4-6,8-9,11,13,19H,3,7,10,12,14-17H2,1-2H3,(H,22,24). The Labute approximate surface area is 167 Å². The molecule has 0 aliphatic carbocycles. The summed E-state index contributed by atoms with van der Waals surface area (Å²) in [5, 5.41) is 4.22. The minimum atomic E-state index is 0.706. The molecule has 1 aliphatic heterocycles. The second-order valence-corrected chi connectivity index (χ2v) is 8.28. The monoisotopic (exact) mass is 385 g/mol. The molecule has 2 heterocycles. The second kappa shape index (κ2) is 10.4. The van der Waals surface area contributed by atoms with Crippen LogP contribution in [0, 0.1) is 0 Å². The van der Waals surface area contributed by atoms with Crippen molar-refractivity contribution in [2.45, 2.75) is 44.5 Å². The zero-order valence-corrected chi connectivity index (χ0v) is 17.3. The van der Waals surface area contributed by atoms with Crippen molar-refractivity contribution in [3.05, 3.63) is 54.1 Å². The maximum atomic E-state index is 4.55. The van der Waals surface area contributed by atoms with Gasteiger partial charge in [-0.1, -0.05) is 37.3 Å². The molecule has 5 nitrogen and oxygen atoms in total. The number of thioether (sulfide) groups is 1. The Bertz CT molecular complexity index is 712. The van der Waals surface area contributed by atoms with E-state index in [1.807, 2.05) is 13.2 Å². The molecular formula is C21H31N5S. The molecule has 146 valence electrons. The van der Waals surface area contributed by atoms with Crippen LogP contribution in [-0.2, 0) is 19.5 Å². The number of benzene rings is 1. The molecule has 27 heavy (non-hydrogen) atoms. The van der Waals surface area contributed by atoms with Crippen LogP contribution in [0.3, 0.4) is 0 Å². The molecule has 6 heteroatoms. The third kappa shape index (κ3) is 5.76. The molecular weight excluding hydrogens is 354 g/mol. The molecule has 0 amide bonds. The molecule has 0 radical (unpaired) electrons. The summed E-state index contributed by atoms with van der Waals surface area (Å²) in [5.74, 6) is 3.24. The fourth-order valence-electron chi connectivity index (χ4n) is 3.46. The minimum Gasteiger partial charge on any atom is -0.349 e. The Balaban J connectivity index is 1.50. The van der Waals surface area contributed by atoms with E-state index >= 15 is 0 Å². The van der Waals surface area contributed by atoms with Crippen LogP contribution in [0.25, 0.3) is 0 Å². The number of nitrogens with one attached hydrogen (secondary N) is 1. The highest BCUT2D eigenvalue weighted by atomic mass is 32.2. The van der Waals surface area contributed by atoms with Crippen molar-refractivity contribution < 1.29 is 0 Å².